The Hall–Kier alpha value is -3.15. The van der Waals surface area contributed by atoms with E-state index >= 15 is 0 Å². The number of esters is 1. The average Bonchev–Trinajstić information content (AvgIpc) is 3.25. The summed E-state index contributed by atoms with van der Waals surface area (Å²) in [6, 6.07) is 9.41. The number of rotatable bonds is 3. The van der Waals surface area contributed by atoms with Gasteiger partial charge in [-0.3, -0.25) is 14.5 Å². The van der Waals surface area contributed by atoms with Crippen LogP contribution in [0.2, 0.25) is 0 Å². The largest absolute Gasteiger partial charge is 0.457 e. The SMILES string of the molecule is O=C(Oc1ccc(N2C(=O)[C@H]3CC=CC[C@H]3C2=O)cc1)c1ccco1. The van der Waals surface area contributed by atoms with Gasteiger partial charge in [0.2, 0.25) is 17.6 Å². The number of furan rings is 1. The van der Waals surface area contributed by atoms with Crippen LogP contribution in [0.5, 0.6) is 5.75 Å². The highest BCUT2D eigenvalue weighted by Crippen LogP contribution is 2.37. The van der Waals surface area contributed by atoms with Crippen LogP contribution in [0.3, 0.4) is 0 Å². The maximum atomic E-state index is 12.5. The zero-order valence-corrected chi connectivity index (χ0v) is 13.3. The molecule has 1 aliphatic carbocycles. The van der Waals surface area contributed by atoms with Gasteiger partial charge in [-0.25, -0.2) is 4.79 Å². The molecule has 0 radical (unpaired) electrons. The zero-order valence-electron chi connectivity index (χ0n) is 13.3. The highest BCUT2D eigenvalue weighted by Gasteiger charge is 2.47. The average molecular weight is 337 g/mol. The van der Waals surface area contributed by atoms with E-state index in [4.69, 9.17) is 9.15 Å². The predicted octanol–water partition coefficient (Wildman–Crippen LogP) is 2.95. The standard InChI is InChI=1S/C19H15NO5/c21-17-14-4-1-2-5-15(14)18(22)20(17)12-7-9-13(10-8-12)25-19(23)16-6-3-11-24-16/h1-3,6-11,14-15H,4-5H2/t14-,15+. The molecule has 0 bridgehead atoms. The molecule has 0 spiro atoms. The number of fused-ring (bicyclic) bond motifs is 1. The van der Waals surface area contributed by atoms with Crippen molar-refractivity contribution in [3.63, 3.8) is 0 Å². The molecule has 25 heavy (non-hydrogen) atoms. The van der Waals surface area contributed by atoms with Gasteiger partial charge in [-0.2, -0.15) is 0 Å². The number of hydrogen-bond donors (Lipinski definition) is 0. The van der Waals surface area contributed by atoms with Gasteiger partial charge in [0.05, 0.1) is 23.8 Å². The summed E-state index contributed by atoms with van der Waals surface area (Å²) in [6.07, 6.45) is 6.49. The molecule has 0 N–H and O–H groups in total. The van der Waals surface area contributed by atoms with E-state index in [0.29, 0.717) is 24.3 Å². The highest BCUT2D eigenvalue weighted by atomic mass is 16.5. The number of benzene rings is 1. The second-order valence-corrected chi connectivity index (χ2v) is 6.03. The van der Waals surface area contributed by atoms with E-state index in [2.05, 4.69) is 0 Å². The van der Waals surface area contributed by atoms with Crippen molar-refractivity contribution in [1.29, 1.82) is 0 Å². The lowest BCUT2D eigenvalue weighted by Gasteiger charge is -2.15. The maximum Gasteiger partial charge on any atom is 0.379 e. The first-order valence-electron chi connectivity index (χ1n) is 8.03. The third kappa shape index (κ3) is 2.65. The second-order valence-electron chi connectivity index (χ2n) is 6.03. The van der Waals surface area contributed by atoms with E-state index in [1.54, 1.807) is 30.3 Å². The van der Waals surface area contributed by atoms with E-state index in [9.17, 15) is 14.4 Å². The summed E-state index contributed by atoms with van der Waals surface area (Å²) < 4.78 is 10.2. The second kappa shape index (κ2) is 6.05. The first kappa shape index (κ1) is 15.4. The van der Waals surface area contributed by atoms with Crippen LogP contribution in [0.15, 0.2) is 59.2 Å². The minimum Gasteiger partial charge on any atom is -0.457 e. The summed E-state index contributed by atoms with van der Waals surface area (Å²) in [7, 11) is 0. The van der Waals surface area contributed by atoms with E-state index in [0.717, 1.165) is 0 Å². The third-order valence-electron chi connectivity index (χ3n) is 4.54. The molecule has 2 atom stereocenters. The summed E-state index contributed by atoms with van der Waals surface area (Å²) in [5.74, 6) is -1.07. The molecular formula is C19H15NO5. The van der Waals surface area contributed by atoms with Crippen LogP contribution in [0.1, 0.15) is 23.4 Å². The van der Waals surface area contributed by atoms with Crippen molar-refractivity contribution >= 4 is 23.5 Å². The number of carbonyl (C=O) groups excluding carboxylic acids is 3. The number of ether oxygens (including phenoxy) is 1. The van der Waals surface area contributed by atoms with Crippen molar-refractivity contribution in [3.8, 4) is 5.75 Å². The van der Waals surface area contributed by atoms with Crippen LogP contribution >= 0.6 is 0 Å². The fourth-order valence-corrected chi connectivity index (χ4v) is 3.27. The molecular weight excluding hydrogens is 322 g/mol. The molecule has 2 aromatic rings. The topological polar surface area (TPSA) is 76.8 Å². The van der Waals surface area contributed by atoms with E-state index in [1.807, 2.05) is 12.2 Å². The summed E-state index contributed by atoms with van der Waals surface area (Å²) >= 11 is 0. The van der Waals surface area contributed by atoms with Crippen molar-refractivity contribution in [1.82, 2.24) is 0 Å². The van der Waals surface area contributed by atoms with Gasteiger partial charge in [-0.05, 0) is 49.2 Å². The molecule has 0 saturated carbocycles. The molecule has 1 fully saturated rings. The molecule has 6 nitrogen and oxygen atoms in total. The number of hydrogen-bond acceptors (Lipinski definition) is 5. The molecule has 1 saturated heterocycles. The first-order valence-corrected chi connectivity index (χ1v) is 8.03. The Morgan fingerprint density at radius 2 is 1.64 bits per heavy atom. The molecule has 1 aliphatic heterocycles. The Bertz CT molecular complexity index is 824. The van der Waals surface area contributed by atoms with Gasteiger partial charge < -0.3 is 9.15 Å². The van der Waals surface area contributed by atoms with Gasteiger partial charge in [0.1, 0.15) is 5.75 Å². The third-order valence-corrected chi connectivity index (χ3v) is 4.54. The Labute approximate surface area is 143 Å². The van der Waals surface area contributed by atoms with Gasteiger partial charge >= 0.3 is 5.97 Å². The van der Waals surface area contributed by atoms with Crippen LogP contribution in [-0.2, 0) is 9.59 Å². The molecule has 4 rings (SSSR count). The van der Waals surface area contributed by atoms with Gasteiger partial charge in [0.15, 0.2) is 0 Å². The van der Waals surface area contributed by atoms with Crippen molar-refractivity contribution in [2.45, 2.75) is 12.8 Å². The Kier molecular flexibility index (Phi) is 3.72. The van der Waals surface area contributed by atoms with Crippen molar-refractivity contribution in [2.75, 3.05) is 4.90 Å². The molecule has 126 valence electrons. The molecule has 0 unspecified atom stereocenters. The van der Waals surface area contributed by atoms with Crippen LogP contribution in [0, 0.1) is 11.8 Å². The summed E-state index contributed by atoms with van der Waals surface area (Å²) in [5, 5.41) is 0. The number of nitrogens with zero attached hydrogens (tertiary/aromatic N) is 1. The lowest BCUT2D eigenvalue weighted by molar-refractivity contribution is -0.122. The fourth-order valence-electron chi connectivity index (χ4n) is 3.27. The molecule has 1 aromatic heterocycles. The smallest absolute Gasteiger partial charge is 0.379 e. The predicted molar refractivity (Wildman–Crippen MR) is 88.0 cm³/mol. The van der Waals surface area contributed by atoms with E-state index in [-0.39, 0.29) is 29.4 Å². The molecule has 6 heteroatoms. The van der Waals surface area contributed by atoms with Gasteiger partial charge in [-0.1, -0.05) is 12.2 Å². The van der Waals surface area contributed by atoms with Crippen molar-refractivity contribution in [3.05, 3.63) is 60.6 Å². The number of amides is 2. The summed E-state index contributed by atoms with van der Waals surface area (Å²) in [4.78, 5) is 38.2. The molecule has 2 amide bonds. The Morgan fingerprint density at radius 3 is 2.20 bits per heavy atom. The van der Waals surface area contributed by atoms with E-state index < -0.39 is 5.97 Å². The van der Waals surface area contributed by atoms with Crippen LogP contribution in [-0.4, -0.2) is 17.8 Å². The van der Waals surface area contributed by atoms with Crippen LogP contribution in [0.25, 0.3) is 0 Å². The van der Waals surface area contributed by atoms with Crippen LogP contribution < -0.4 is 9.64 Å². The van der Waals surface area contributed by atoms with E-state index in [1.165, 1.54) is 17.2 Å². The fraction of sp³-hybridized carbons (Fsp3) is 0.211. The maximum absolute atomic E-state index is 12.5. The first-order chi connectivity index (χ1) is 12.1. The quantitative estimate of drug-likeness (QED) is 0.372. The number of carbonyl (C=O) groups is 3. The summed E-state index contributed by atoms with van der Waals surface area (Å²) in [6.45, 7) is 0. The van der Waals surface area contributed by atoms with Crippen LogP contribution in [0.4, 0.5) is 5.69 Å². The normalized spacial score (nSPS) is 22.2. The lowest BCUT2D eigenvalue weighted by atomic mass is 9.85. The molecule has 2 aliphatic rings. The van der Waals surface area contributed by atoms with Gasteiger partial charge in [0.25, 0.3) is 0 Å². The number of imide groups is 1. The highest BCUT2D eigenvalue weighted by molar-refractivity contribution is 6.22. The minimum atomic E-state index is -0.608. The van der Waals surface area contributed by atoms with Crippen molar-refractivity contribution < 1.29 is 23.5 Å². The number of anilines is 1. The van der Waals surface area contributed by atoms with Gasteiger partial charge in [0, 0.05) is 0 Å². The Morgan fingerprint density at radius 1 is 1.00 bits per heavy atom. The Balaban J connectivity index is 1.51. The number of allylic oxidation sites excluding steroid dienone is 2. The lowest BCUT2D eigenvalue weighted by Crippen LogP contribution is -2.30. The molecule has 1 aromatic carbocycles. The van der Waals surface area contributed by atoms with Gasteiger partial charge in [-0.15, -0.1) is 0 Å². The monoisotopic (exact) mass is 337 g/mol. The summed E-state index contributed by atoms with van der Waals surface area (Å²) in [5.41, 5.74) is 0.488. The molecule has 2 heterocycles. The van der Waals surface area contributed by atoms with Crippen molar-refractivity contribution in [2.24, 2.45) is 11.8 Å². The zero-order chi connectivity index (χ0) is 17.4. The minimum absolute atomic E-state index is 0.102.